The largest absolute Gasteiger partial charge is 0.306 e. The van der Waals surface area contributed by atoms with Crippen LogP contribution in [0.25, 0.3) is 0 Å². The van der Waals surface area contributed by atoms with Crippen LogP contribution in [0.5, 0.6) is 0 Å². The highest BCUT2D eigenvalue weighted by molar-refractivity contribution is 7.89. The zero-order valence-corrected chi connectivity index (χ0v) is 14.5. The Morgan fingerprint density at radius 2 is 1.96 bits per heavy atom. The molecule has 0 saturated heterocycles. The van der Waals surface area contributed by atoms with Crippen LogP contribution in [0.15, 0.2) is 35.5 Å². The number of carbonyl (C=O) groups excluding carboxylic acids is 1. The first-order chi connectivity index (χ1) is 11.3. The Kier molecular flexibility index (Phi) is 4.10. The van der Waals surface area contributed by atoms with Crippen molar-refractivity contribution in [2.24, 2.45) is 0 Å². The first-order valence-corrected chi connectivity index (χ1v) is 8.90. The van der Waals surface area contributed by atoms with Gasteiger partial charge in [0, 0.05) is 32.5 Å². The smallest absolute Gasteiger partial charge is 0.278 e. The van der Waals surface area contributed by atoms with Crippen LogP contribution in [-0.2, 0) is 16.4 Å². The van der Waals surface area contributed by atoms with Crippen LogP contribution in [0.1, 0.15) is 21.7 Å². The molecule has 1 aliphatic rings. The van der Waals surface area contributed by atoms with Crippen molar-refractivity contribution in [2.45, 2.75) is 18.2 Å². The number of benzene rings is 1. The van der Waals surface area contributed by atoms with E-state index in [0.29, 0.717) is 13.0 Å². The van der Waals surface area contributed by atoms with Crippen LogP contribution in [-0.4, -0.2) is 49.2 Å². The summed E-state index contributed by atoms with van der Waals surface area (Å²) in [4.78, 5) is 22.7. The summed E-state index contributed by atoms with van der Waals surface area (Å²) in [6.45, 7) is 2.30. The SMILES string of the molecule is Cc1cnc(C(=O)N2CCc3cc(S(=O)(=O)N(C)C)ccc32)cn1. The lowest BCUT2D eigenvalue weighted by atomic mass is 10.2. The van der Waals surface area contributed by atoms with Gasteiger partial charge in [0.05, 0.1) is 16.8 Å². The maximum absolute atomic E-state index is 12.6. The lowest BCUT2D eigenvalue weighted by Gasteiger charge is -2.17. The lowest BCUT2D eigenvalue weighted by molar-refractivity contribution is 0.0984. The van der Waals surface area contributed by atoms with Gasteiger partial charge in [-0.05, 0) is 37.1 Å². The van der Waals surface area contributed by atoms with Crippen LogP contribution in [0.3, 0.4) is 0 Å². The Balaban J connectivity index is 1.93. The molecule has 1 amide bonds. The number of aryl methyl sites for hydroxylation is 1. The molecule has 0 spiro atoms. The van der Waals surface area contributed by atoms with E-state index < -0.39 is 10.0 Å². The molecule has 1 aromatic heterocycles. The molecule has 126 valence electrons. The third kappa shape index (κ3) is 2.78. The standard InChI is InChI=1S/C16H18N4O3S/c1-11-9-18-14(10-17-11)16(21)20-7-6-12-8-13(4-5-15(12)20)24(22,23)19(2)3/h4-5,8-10H,6-7H2,1-3H3. The van der Waals surface area contributed by atoms with Crippen molar-refractivity contribution >= 4 is 21.6 Å². The number of hydrogen-bond donors (Lipinski definition) is 0. The third-order valence-electron chi connectivity index (χ3n) is 3.97. The summed E-state index contributed by atoms with van der Waals surface area (Å²) in [5.74, 6) is -0.232. The molecule has 0 bridgehead atoms. The number of anilines is 1. The van der Waals surface area contributed by atoms with Crippen LogP contribution < -0.4 is 4.90 Å². The Morgan fingerprint density at radius 1 is 1.21 bits per heavy atom. The summed E-state index contributed by atoms with van der Waals surface area (Å²) in [5, 5.41) is 0. The second kappa shape index (κ2) is 5.95. The number of sulfonamides is 1. The molecular formula is C16H18N4O3S. The summed E-state index contributed by atoms with van der Waals surface area (Å²) in [7, 11) is -0.497. The van der Waals surface area contributed by atoms with Crippen molar-refractivity contribution in [1.29, 1.82) is 0 Å². The molecule has 3 rings (SSSR count). The van der Waals surface area contributed by atoms with Gasteiger partial charge in [-0.15, -0.1) is 0 Å². The highest BCUT2D eigenvalue weighted by Crippen LogP contribution is 2.31. The minimum absolute atomic E-state index is 0.232. The number of rotatable bonds is 3. The van der Waals surface area contributed by atoms with E-state index in [1.54, 1.807) is 30.2 Å². The van der Waals surface area contributed by atoms with Gasteiger partial charge in [0.1, 0.15) is 5.69 Å². The zero-order valence-electron chi connectivity index (χ0n) is 13.7. The molecule has 7 nitrogen and oxygen atoms in total. The van der Waals surface area contributed by atoms with Crippen molar-refractivity contribution in [3.8, 4) is 0 Å². The molecule has 2 heterocycles. The minimum Gasteiger partial charge on any atom is -0.306 e. The fraction of sp³-hybridized carbons (Fsp3) is 0.312. The van der Waals surface area contributed by atoms with E-state index in [4.69, 9.17) is 0 Å². The van der Waals surface area contributed by atoms with E-state index in [1.165, 1.54) is 30.7 Å². The Labute approximate surface area is 141 Å². The molecule has 0 aliphatic carbocycles. The molecule has 0 unspecified atom stereocenters. The second-order valence-electron chi connectivity index (χ2n) is 5.83. The highest BCUT2D eigenvalue weighted by Gasteiger charge is 2.28. The third-order valence-corrected chi connectivity index (χ3v) is 5.78. The number of fused-ring (bicyclic) bond motifs is 1. The van der Waals surface area contributed by atoms with Gasteiger partial charge >= 0.3 is 0 Å². The predicted octanol–water partition coefficient (Wildman–Crippen LogP) is 1.24. The van der Waals surface area contributed by atoms with Crippen LogP contribution >= 0.6 is 0 Å². The van der Waals surface area contributed by atoms with Gasteiger partial charge in [-0.3, -0.25) is 9.78 Å². The first-order valence-electron chi connectivity index (χ1n) is 7.46. The van der Waals surface area contributed by atoms with Crippen molar-refractivity contribution in [3.05, 3.63) is 47.5 Å². The highest BCUT2D eigenvalue weighted by atomic mass is 32.2. The zero-order chi connectivity index (χ0) is 17.5. The number of carbonyl (C=O) groups is 1. The summed E-state index contributed by atoms with van der Waals surface area (Å²) in [5.41, 5.74) is 2.58. The van der Waals surface area contributed by atoms with E-state index in [2.05, 4.69) is 9.97 Å². The molecule has 0 atom stereocenters. The first kappa shape index (κ1) is 16.5. The van der Waals surface area contributed by atoms with E-state index in [1.807, 2.05) is 0 Å². The minimum atomic E-state index is -3.49. The van der Waals surface area contributed by atoms with Gasteiger partial charge in [-0.1, -0.05) is 0 Å². The molecule has 8 heteroatoms. The number of amides is 1. The molecule has 24 heavy (non-hydrogen) atoms. The molecule has 1 aliphatic heterocycles. The Morgan fingerprint density at radius 3 is 2.58 bits per heavy atom. The van der Waals surface area contributed by atoms with Gasteiger partial charge in [0.2, 0.25) is 10.0 Å². The van der Waals surface area contributed by atoms with Gasteiger partial charge in [0.15, 0.2) is 0 Å². The average molecular weight is 346 g/mol. The molecule has 0 fully saturated rings. The van der Waals surface area contributed by atoms with Gasteiger partial charge < -0.3 is 4.90 Å². The maximum atomic E-state index is 12.6. The Bertz CT molecular complexity index is 892. The summed E-state index contributed by atoms with van der Waals surface area (Å²) in [6, 6.07) is 4.84. The molecule has 0 N–H and O–H groups in total. The van der Waals surface area contributed by atoms with Crippen molar-refractivity contribution in [1.82, 2.24) is 14.3 Å². The fourth-order valence-electron chi connectivity index (χ4n) is 2.60. The molecule has 1 aromatic carbocycles. The van der Waals surface area contributed by atoms with Crippen molar-refractivity contribution in [3.63, 3.8) is 0 Å². The quantitative estimate of drug-likeness (QED) is 0.835. The van der Waals surface area contributed by atoms with Crippen molar-refractivity contribution in [2.75, 3.05) is 25.5 Å². The molecule has 2 aromatic rings. The summed E-state index contributed by atoms with van der Waals surface area (Å²) < 4.78 is 25.6. The van der Waals surface area contributed by atoms with E-state index in [-0.39, 0.29) is 16.5 Å². The molecule has 0 radical (unpaired) electrons. The number of aromatic nitrogens is 2. The van der Waals surface area contributed by atoms with Gasteiger partial charge in [-0.2, -0.15) is 0 Å². The monoisotopic (exact) mass is 346 g/mol. The average Bonchev–Trinajstić information content (AvgIpc) is 2.97. The molecule has 0 saturated carbocycles. The fourth-order valence-corrected chi connectivity index (χ4v) is 3.55. The lowest BCUT2D eigenvalue weighted by Crippen LogP contribution is -2.29. The summed E-state index contributed by atoms with van der Waals surface area (Å²) >= 11 is 0. The van der Waals surface area contributed by atoms with Crippen LogP contribution in [0.2, 0.25) is 0 Å². The van der Waals surface area contributed by atoms with Crippen LogP contribution in [0.4, 0.5) is 5.69 Å². The second-order valence-corrected chi connectivity index (χ2v) is 7.98. The van der Waals surface area contributed by atoms with E-state index >= 15 is 0 Å². The van der Waals surface area contributed by atoms with E-state index in [9.17, 15) is 13.2 Å². The van der Waals surface area contributed by atoms with Crippen LogP contribution in [0, 0.1) is 6.92 Å². The summed E-state index contributed by atoms with van der Waals surface area (Å²) in [6.07, 6.45) is 3.62. The van der Waals surface area contributed by atoms with E-state index in [0.717, 1.165) is 16.9 Å². The predicted molar refractivity (Wildman–Crippen MR) is 89.5 cm³/mol. The number of nitrogens with zero attached hydrogens (tertiary/aromatic N) is 4. The maximum Gasteiger partial charge on any atom is 0.278 e. The van der Waals surface area contributed by atoms with Gasteiger partial charge in [-0.25, -0.2) is 17.7 Å². The Hall–Kier alpha value is -2.32. The topological polar surface area (TPSA) is 83.5 Å². The normalized spacial score (nSPS) is 14.1. The van der Waals surface area contributed by atoms with Crippen molar-refractivity contribution < 1.29 is 13.2 Å². The number of hydrogen-bond acceptors (Lipinski definition) is 5. The van der Waals surface area contributed by atoms with Gasteiger partial charge in [0.25, 0.3) is 5.91 Å². The molecular weight excluding hydrogens is 328 g/mol.